The van der Waals surface area contributed by atoms with Gasteiger partial charge in [-0.1, -0.05) is 109 Å². The molecule has 0 radical (unpaired) electrons. The molecular formula is C34H25N. The van der Waals surface area contributed by atoms with Crippen LogP contribution in [0.3, 0.4) is 0 Å². The second-order valence-corrected chi connectivity index (χ2v) is 9.43. The van der Waals surface area contributed by atoms with E-state index in [1.54, 1.807) is 0 Å². The van der Waals surface area contributed by atoms with Crippen molar-refractivity contribution in [3.8, 4) is 11.3 Å². The van der Waals surface area contributed by atoms with Gasteiger partial charge in [0.1, 0.15) is 0 Å². The molecule has 2 aromatic heterocycles. The summed E-state index contributed by atoms with van der Waals surface area (Å²) < 4.78 is 2.52. The van der Waals surface area contributed by atoms with Crippen molar-refractivity contribution in [3.05, 3.63) is 126 Å². The number of hydrogen-bond acceptors (Lipinski definition) is 0. The molecule has 0 bridgehead atoms. The summed E-state index contributed by atoms with van der Waals surface area (Å²) >= 11 is 0. The van der Waals surface area contributed by atoms with E-state index >= 15 is 0 Å². The van der Waals surface area contributed by atoms with E-state index in [1.807, 2.05) is 0 Å². The number of rotatable bonds is 1. The molecule has 0 saturated heterocycles. The van der Waals surface area contributed by atoms with Crippen LogP contribution in [0.4, 0.5) is 0 Å². The van der Waals surface area contributed by atoms with E-state index in [4.69, 9.17) is 0 Å². The quantitative estimate of drug-likeness (QED) is 0.236. The summed E-state index contributed by atoms with van der Waals surface area (Å²) in [5.74, 6) is 0. The van der Waals surface area contributed by atoms with Gasteiger partial charge in [-0.25, -0.2) is 0 Å². The van der Waals surface area contributed by atoms with Crippen molar-refractivity contribution in [2.45, 2.75) is 13.8 Å². The van der Waals surface area contributed by atoms with Gasteiger partial charge >= 0.3 is 0 Å². The zero-order valence-corrected chi connectivity index (χ0v) is 19.9. The Morgan fingerprint density at radius 2 is 0.914 bits per heavy atom. The molecule has 2 heterocycles. The number of hydrogen-bond donors (Lipinski definition) is 0. The number of benzene rings is 5. The molecule has 1 nitrogen and oxygen atoms in total. The fraction of sp³-hybridized carbons (Fsp3) is 0.0588. The first-order chi connectivity index (χ1) is 17.2. The number of aryl methyl sites for hydroxylation is 2. The first-order valence-corrected chi connectivity index (χ1v) is 12.2. The molecule has 1 heteroatoms. The molecule has 0 fully saturated rings. The Labute approximate surface area is 204 Å². The van der Waals surface area contributed by atoms with Crippen molar-refractivity contribution in [1.82, 2.24) is 4.40 Å². The summed E-state index contributed by atoms with van der Waals surface area (Å²) in [5.41, 5.74) is 7.65. The lowest BCUT2D eigenvalue weighted by molar-refractivity contribution is 1.26. The van der Waals surface area contributed by atoms with Crippen molar-refractivity contribution in [1.29, 1.82) is 0 Å². The Morgan fingerprint density at radius 3 is 1.60 bits per heavy atom. The maximum atomic E-state index is 2.52. The summed E-state index contributed by atoms with van der Waals surface area (Å²) in [6, 6.07) is 42.1. The van der Waals surface area contributed by atoms with E-state index in [9.17, 15) is 0 Å². The molecular weight excluding hydrogens is 422 g/mol. The predicted octanol–water partition coefficient (Wildman–Crippen LogP) is 9.40. The average Bonchev–Trinajstić information content (AvgIpc) is 3.22. The lowest BCUT2D eigenvalue weighted by Gasteiger charge is -2.10. The van der Waals surface area contributed by atoms with Gasteiger partial charge in [-0.2, -0.15) is 0 Å². The number of aromatic nitrogens is 1. The lowest BCUT2D eigenvalue weighted by atomic mass is 9.99. The normalized spacial score (nSPS) is 11.7. The SMILES string of the molecule is Cc1ccccc1-c1c(C)c2cccc3c4ccccc4c4ccccc4c4ccccc4n1c23. The fourth-order valence-electron chi connectivity index (χ4n) is 5.92. The van der Waals surface area contributed by atoms with Gasteiger partial charge in [0.05, 0.1) is 16.7 Å². The van der Waals surface area contributed by atoms with E-state index in [2.05, 4.69) is 134 Å². The topological polar surface area (TPSA) is 4.41 Å². The molecule has 5 aromatic carbocycles. The monoisotopic (exact) mass is 447 g/mol. The minimum Gasteiger partial charge on any atom is -0.308 e. The standard InChI is InChI=1S/C34H25N/c1-22-12-3-4-13-24(22)33-23(2)25-19-11-20-31-29-17-8-6-15-27(29)26-14-5-7-16-28(26)30-18-9-10-21-32(30)35(33)34(25)31/h3-21H,1-2H3. The summed E-state index contributed by atoms with van der Waals surface area (Å²) in [6.45, 7) is 4.49. The second-order valence-electron chi connectivity index (χ2n) is 9.43. The van der Waals surface area contributed by atoms with Gasteiger partial charge in [0.15, 0.2) is 0 Å². The minimum absolute atomic E-state index is 1.22. The molecule has 0 aliphatic carbocycles. The maximum Gasteiger partial charge on any atom is 0.0616 e. The molecule has 7 aromatic rings. The van der Waals surface area contributed by atoms with E-state index in [1.165, 1.54) is 71.1 Å². The molecule has 0 atom stereocenters. The van der Waals surface area contributed by atoms with Crippen LogP contribution in [0.15, 0.2) is 115 Å². The molecule has 0 amide bonds. The Balaban J connectivity index is 1.95. The van der Waals surface area contributed by atoms with Crippen LogP contribution in [-0.4, -0.2) is 4.40 Å². The van der Waals surface area contributed by atoms with Gasteiger partial charge in [-0.15, -0.1) is 0 Å². The Kier molecular flexibility index (Phi) is 4.34. The molecule has 0 saturated carbocycles. The van der Waals surface area contributed by atoms with Crippen LogP contribution in [0.25, 0.3) is 60.0 Å². The third kappa shape index (κ3) is 2.82. The molecule has 35 heavy (non-hydrogen) atoms. The lowest BCUT2D eigenvalue weighted by Crippen LogP contribution is -1.93. The van der Waals surface area contributed by atoms with E-state index < -0.39 is 0 Å². The zero-order valence-electron chi connectivity index (χ0n) is 19.9. The van der Waals surface area contributed by atoms with Crippen LogP contribution < -0.4 is 0 Å². The number of nitrogens with zero attached hydrogens (tertiary/aromatic N) is 1. The predicted molar refractivity (Wildman–Crippen MR) is 151 cm³/mol. The third-order valence-electron chi connectivity index (χ3n) is 7.51. The van der Waals surface area contributed by atoms with Crippen molar-refractivity contribution in [3.63, 3.8) is 0 Å². The highest BCUT2D eigenvalue weighted by Crippen LogP contribution is 2.40. The highest BCUT2D eigenvalue weighted by Gasteiger charge is 2.19. The molecule has 166 valence electrons. The summed E-state index contributed by atoms with van der Waals surface area (Å²) in [4.78, 5) is 0. The number of para-hydroxylation sites is 2. The van der Waals surface area contributed by atoms with E-state index in [-0.39, 0.29) is 0 Å². The third-order valence-corrected chi connectivity index (χ3v) is 7.51. The van der Waals surface area contributed by atoms with Crippen molar-refractivity contribution >= 4 is 48.7 Å². The molecule has 0 unspecified atom stereocenters. The first-order valence-electron chi connectivity index (χ1n) is 12.2. The Morgan fingerprint density at radius 1 is 0.429 bits per heavy atom. The van der Waals surface area contributed by atoms with Gasteiger partial charge in [0.2, 0.25) is 0 Å². The highest BCUT2D eigenvalue weighted by molar-refractivity contribution is 6.22. The van der Waals surface area contributed by atoms with Crippen molar-refractivity contribution < 1.29 is 0 Å². The van der Waals surface area contributed by atoms with Crippen LogP contribution in [-0.2, 0) is 0 Å². The van der Waals surface area contributed by atoms with Gasteiger partial charge in [-0.05, 0) is 52.6 Å². The van der Waals surface area contributed by atoms with Crippen molar-refractivity contribution in [2.24, 2.45) is 0 Å². The molecule has 0 aliphatic heterocycles. The van der Waals surface area contributed by atoms with Crippen LogP contribution >= 0.6 is 0 Å². The number of fused-ring (bicyclic) bond motifs is 7. The fourth-order valence-corrected chi connectivity index (χ4v) is 5.92. The Bertz CT molecular complexity index is 1970. The van der Waals surface area contributed by atoms with Crippen LogP contribution in [0.2, 0.25) is 0 Å². The van der Waals surface area contributed by atoms with Crippen LogP contribution in [0.5, 0.6) is 0 Å². The highest BCUT2D eigenvalue weighted by atomic mass is 14.9. The average molecular weight is 448 g/mol. The second kappa shape index (κ2) is 7.58. The maximum absolute atomic E-state index is 2.52. The van der Waals surface area contributed by atoms with E-state index in [0.29, 0.717) is 0 Å². The van der Waals surface area contributed by atoms with Crippen molar-refractivity contribution in [2.75, 3.05) is 0 Å². The van der Waals surface area contributed by atoms with Crippen LogP contribution in [0, 0.1) is 13.8 Å². The van der Waals surface area contributed by atoms with Gasteiger partial charge in [-0.3, -0.25) is 0 Å². The molecule has 0 N–H and O–H groups in total. The Hall–Kier alpha value is -4.36. The molecule has 0 aliphatic rings. The minimum atomic E-state index is 1.22. The molecule has 0 spiro atoms. The van der Waals surface area contributed by atoms with Gasteiger partial charge < -0.3 is 4.40 Å². The van der Waals surface area contributed by atoms with Crippen LogP contribution in [0.1, 0.15) is 11.1 Å². The summed E-state index contributed by atoms with van der Waals surface area (Å²) in [6.07, 6.45) is 0. The largest absolute Gasteiger partial charge is 0.308 e. The summed E-state index contributed by atoms with van der Waals surface area (Å²) in [7, 11) is 0. The smallest absolute Gasteiger partial charge is 0.0616 e. The zero-order chi connectivity index (χ0) is 23.5. The van der Waals surface area contributed by atoms with Gasteiger partial charge in [0, 0.05) is 21.7 Å². The summed E-state index contributed by atoms with van der Waals surface area (Å²) in [5, 5.41) is 8.90. The van der Waals surface area contributed by atoms with E-state index in [0.717, 1.165) is 0 Å². The first kappa shape index (κ1) is 20.1. The molecule has 7 rings (SSSR count). The van der Waals surface area contributed by atoms with Gasteiger partial charge in [0.25, 0.3) is 0 Å².